The molecule has 0 bridgehead atoms. The van der Waals surface area contributed by atoms with Gasteiger partial charge in [-0.2, -0.15) is 5.10 Å². The highest BCUT2D eigenvalue weighted by molar-refractivity contribution is 5.41. The third kappa shape index (κ3) is 2.26. The van der Waals surface area contributed by atoms with Crippen LogP contribution in [0.5, 0.6) is 0 Å². The van der Waals surface area contributed by atoms with Crippen molar-refractivity contribution in [1.29, 1.82) is 0 Å². The maximum Gasteiger partial charge on any atom is 0.0749 e. The number of aromatic amines is 1. The molecule has 0 aliphatic carbocycles. The molecule has 0 atom stereocenters. The fourth-order valence-electron chi connectivity index (χ4n) is 1.33. The minimum Gasteiger partial charge on any atom is -0.369 e. The second kappa shape index (κ2) is 4.80. The lowest BCUT2D eigenvalue weighted by Gasteiger charge is -2.21. The minimum atomic E-state index is 1.12. The highest BCUT2D eigenvalue weighted by Gasteiger charge is 2.03. The summed E-state index contributed by atoms with van der Waals surface area (Å²) in [7, 11) is 0. The van der Waals surface area contributed by atoms with Crippen molar-refractivity contribution in [2.75, 3.05) is 18.0 Å². The smallest absolute Gasteiger partial charge is 0.0749 e. The fourth-order valence-corrected chi connectivity index (χ4v) is 1.33. The molecule has 1 aromatic rings. The average molecular weight is 167 g/mol. The Kier molecular flexibility index (Phi) is 3.64. The Morgan fingerprint density at radius 3 is 2.42 bits per heavy atom. The van der Waals surface area contributed by atoms with Crippen LogP contribution in [0.25, 0.3) is 0 Å². The number of hydrogen-bond donors (Lipinski definition) is 1. The summed E-state index contributed by atoms with van der Waals surface area (Å²) in [5.41, 5.74) is 1.21. The third-order valence-electron chi connectivity index (χ3n) is 1.84. The molecule has 0 saturated carbocycles. The van der Waals surface area contributed by atoms with Gasteiger partial charge in [-0.25, -0.2) is 0 Å². The Labute approximate surface area is 73.8 Å². The molecule has 0 aromatic carbocycles. The Hall–Kier alpha value is -0.990. The summed E-state index contributed by atoms with van der Waals surface area (Å²) in [6.07, 6.45) is 6.20. The second-order valence-corrected chi connectivity index (χ2v) is 2.94. The number of H-pyrrole nitrogens is 1. The highest BCUT2D eigenvalue weighted by Crippen LogP contribution is 2.11. The molecule has 1 heterocycles. The number of nitrogens with one attached hydrogen (secondary N) is 1. The summed E-state index contributed by atoms with van der Waals surface area (Å²) in [4.78, 5) is 2.35. The molecule has 0 aliphatic heterocycles. The van der Waals surface area contributed by atoms with Crippen molar-refractivity contribution >= 4 is 5.69 Å². The zero-order chi connectivity index (χ0) is 8.81. The molecular weight excluding hydrogens is 150 g/mol. The number of hydrogen-bond acceptors (Lipinski definition) is 2. The molecule has 0 unspecified atom stereocenters. The molecule has 0 fully saturated rings. The van der Waals surface area contributed by atoms with Gasteiger partial charge >= 0.3 is 0 Å². The van der Waals surface area contributed by atoms with E-state index in [9.17, 15) is 0 Å². The first-order chi connectivity index (χ1) is 5.88. The van der Waals surface area contributed by atoms with E-state index in [-0.39, 0.29) is 0 Å². The lowest BCUT2D eigenvalue weighted by atomic mass is 10.3. The monoisotopic (exact) mass is 167 g/mol. The van der Waals surface area contributed by atoms with Gasteiger partial charge in [0, 0.05) is 19.3 Å². The van der Waals surface area contributed by atoms with Crippen molar-refractivity contribution < 1.29 is 0 Å². The average Bonchev–Trinajstić information content (AvgIpc) is 2.56. The maximum absolute atomic E-state index is 3.94. The maximum atomic E-state index is 3.94. The van der Waals surface area contributed by atoms with Gasteiger partial charge in [0.25, 0.3) is 0 Å². The molecular formula is C9H17N3. The predicted octanol–water partition coefficient (Wildman–Crippen LogP) is 2.04. The molecule has 68 valence electrons. The minimum absolute atomic E-state index is 1.12. The van der Waals surface area contributed by atoms with Crippen LogP contribution in [0.1, 0.15) is 26.7 Å². The Morgan fingerprint density at radius 2 is 2.00 bits per heavy atom. The number of aromatic nitrogens is 2. The first-order valence-electron chi connectivity index (χ1n) is 4.62. The molecule has 1 N–H and O–H groups in total. The molecule has 1 aromatic heterocycles. The fraction of sp³-hybridized carbons (Fsp3) is 0.667. The van der Waals surface area contributed by atoms with E-state index in [0.717, 1.165) is 13.1 Å². The molecule has 1 rings (SSSR count). The molecule has 0 aliphatic rings. The van der Waals surface area contributed by atoms with Crippen LogP contribution in [0, 0.1) is 0 Å². The lowest BCUT2D eigenvalue weighted by molar-refractivity contribution is 0.745. The number of nitrogens with zero attached hydrogens (tertiary/aromatic N) is 2. The van der Waals surface area contributed by atoms with E-state index in [4.69, 9.17) is 0 Å². The zero-order valence-corrected chi connectivity index (χ0v) is 7.88. The van der Waals surface area contributed by atoms with E-state index >= 15 is 0 Å². The molecule has 0 saturated heterocycles. The highest BCUT2D eigenvalue weighted by atomic mass is 15.2. The van der Waals surface area contributed by atoms with Gasteiger partial charge in [-0.15, -0.1) is 0 Å². The number of anilines is 1. The van der Waals surface area contributed by atoms with Gasteiger partial charge in [-0.1, -0.05) is 13.8 Å². The van der Waals surface area contributed by atoms with E-state index in [1.54, 1.807) is 0 Å². The van der Waals surface area contributed by atoms with E-state index < -0.39 is 0 Å². The summed E-state index contributed by atoms with van der Waals surface area (Å²) in [6.45, 7) is 6.63. The topological polar surface area (TPSA) is 31.9 Å². The lowest BCUT2D eigenvalue weighted by Crippen LogP contribution is -2.24. The molecule has 12 heavy (non-hydrogen) atoms. The van der Waals surface area contributed by atoms with Gasteiger partial charge in [0.2, 0.25) is 0 Å². The number of rotatable bonds is 5. The van der Waals surface area contributed by atoms with Crippen LogP contribution in [0.4, 0.5) is 5.69 Å². The summed E-state index contributed by atoms with van der Waals surface area (Å²) >= 11 is 0. The Bertz CT molecular complexity index is 188. The van der Waals surface area contributed by atoms with Crippen LogP contribution in [0.2, 0.25) is 0 Å². The van der Waals surface area contributed by atoms with Crippen molar-refractivity contribution in [3.8, 4) is 0 Å². The van der Waals surface area contributed by atoms with Gasteiger partial charge < -0.3 is 4.90 Å². The Morgan fingerprint density at radius 1 is 1.33 bits per heavy atom. The summed E-state index contributed by atoms with van der Waals surface area (Å²) in [5, 5.41) is 6.78. The normalized spacial score (nSPS) is 10.2. The van der Waals surface area contributed by atoms with E-state index in [1.165, 1.54) is 18.5 Å². The summed E-state index contributed by atoms with van der Waals surface area (Å²) in [6, 6.07) is 0. The van der Waals surface area contributed by atoms with E-state index in [1.807, 2.05) is 12.4 Å². The van der Waals surface area contributed by atoms with Gasteiger partial charge in [-0.3, -0.25) is 5.10 Å². The van der Waals surface area contributed by atoms with Crippen LogP contribution in [-0.2, 0) is 0 Å². The molecule has 0 spiro atoms. The third-order valence-corrected chi connectivity index (χ3v) is 1.84. The van der Waals surface area contributed by atoms with Crippen molar-refractivity contribution in [3.05, 3.63) is 12.4 Å². The second-order valence-electron chi connectivity index (χ2n) is 2.94. The molecule has 0 amide bonds. The summed E-state index contributed by atoms with van der Waals surface area (Å²) < 4.78 is 0. The van der Waals surface area contributed by atoms with Gasteiger partial charge in [-0.05, 0) is 12.8 Å². The quantitative estimate of drug-likeness (QED) is 0.727. The molecule has 0 radical (unpaired) electrons. The van der Waals surface area contributed by atoms with Crippen LogP contribution < -0.4 is 4.90 Å². The Balaban J connectivity index is 2.53. The van der Waals surface area contributed by atoms with Crippen LogP contribution in [-0.4, -0.2) is 23.3 Å². The van der Waals surface area contributed by atoms with Gasteiger partial charge in [0.05, 0.1) is 11.9 Å². The van der Waals surface area contributed by atoms with E-state index in [2.05, 4.69) is 28.9 Å². The largest absolute Gasteiger partial charge is 0.369 e. The van der Waals surface area contributed by atoms with Crippen molar-refractivity contribution in [3.63, 3.8) is 0 Å². The first kappa shape index (κ1) is 9.10. The van der Waals surface area contributed by atoms with Gasteiger partial charge in [0.1, 0.15) is 0 Å². The van der Waals surface area contributed by atoms with Crippen molar-refractivity contribution in [1.82, 2.24) is 10.2 Å². The van der Waals surface area contributed by atoms with Crippen molar-refractivity contribution in [2.45, 2.75) is 26.7 Å². The zero-order valence-electron chi connectivity index (χ0n) is 7.88. The van der Waals surface area contributed by atoms with Crippen LogP contribution >= 0.6 is 0 Å². The van der Waals surface area contributed by atoms with Gasteiger partial charge in [0.15, 0.2) is 0 Å². The first-order valence-corrected chi connectivity index (χ1v) is 4.62. The van der Waals surface area contributed by atoms with Crippen LogP contribution in [0.15, 0.2) is 12.4 Å². The van der Waals surface area contributed by atoms with Crippen LogP contribution in [0.3, 0.4) is 0 Å². The molecule has 3 heteroatoms. The molecule has 3 nitrogen and oxygen atoms in total. The standard InChI is InChI=1S/C9H17N3/c1-3-5-12(6-4-2)9-7-10-11-8-9/h7-8H,3-6H2,1-2H3,(H,10,11). The predicted molar refractivity (Wildman–Crippen MR) is 51.4 cm³/mol. The summed E-state index contributed by atoms with van der Waals surface area (Å²) in [5.74, 6) is 0. The van der Waals surface area contributed by atoms with Crippen molar-refractivity contribution in [2.24, 2.45) is 0 Å². The SMILES string of the molecule is CCCN(CCC)c1cn[nH]c1. The van der Waals surface area contributed by atoms with E-state index in [0.29, 0.717) is 0 Å².